The van der Waals surface area contributed by atoms with Crippen LogP contribution in [-0.4, -0.2) is 63.6 Å². The highest BCUT2D eigenvalue weighted by molar-refractivity contribution is 7.89. The van der Waals surface area contributed by atoms with Crippen LogP contribution in [0.25, 0.3) is 0 Å². The molecule has 0 aromatic carbocycles. The van der Waals surface area contributed by atoms with Crippen LogP contribution in [-0.2, 0) is 20.0 Å². The van der Waals surface area contributed by atoms with E-state index in [0.29, 0.717) is 25.9 Å². The fourth-order valence-electron chi connectivity index (χ4n) is 2.40. The van der Waals surface area contributed by atoms with Crippen molar-refractivity contribution in [3.05, 3.63) is 25.3 Å². The van der Waals surface area contributed by atoms with Crippen molar-refractivity contribution in [1.29, 1.82) is 0 Å². The van der Waals surface area contributed by atoms with Gasteiger partial charge in [0.1, 0.15) is 0 Å². The third kappa shape index (κ3) is 5.54. The monoisotopic (exact) mass is 336 g/mol. The fourth-order valence-corrected chi connectivity index (χ4v) is 5.08. The van der Waals surface area contributed by atoms with Crippen LogP contribution in [0.2, 0.25) is 0 Å². The highest BCUT2D eigenvalue weighted by atomic mass is 32.2. The molecule has 0 aliphatic carbocycles. The SMILES string of the molecule is C=CCN(CC=C)S(=O)(=O)CC1CCN(S(C)(=O)=O)CC1. The summed E-state index contributed by atoms with van der Waals surface area (Å²) in [6, 6.07) is 0. The van der Waals surface area contributed by atoms with Crippen molar-refractivity contribution in [3.63, 3.8) is 0 Å². The van der Waals surface area contributed by atoms with E-state index in [2.05, 4.69) is 13.2 Å². The molecule has 1 heterocycles. The van der Waals surface area contributed by atoms with Gasteiger partial charge in [-0.2, -0.15) is 4.31 Å². The second-order valence-corrected chi connectivity index (χ2v) is 9.27. The zero-order valence-corrected chi connectivity index (χ0v) is 14.1. The van der Waals surface area contributed by atoms with Gasteiger partial charge in [0.25, 0.3) is 0 Å². The molecule has 0 spiro atoms. The predicted octanol–water partition coefficient (Wildman–Crippen LogP) is 0.662. The number of hydrogen-bond acceptors (Lipinski definition) is 4. The molecule has 0 N–H and O–H groups in total. The maximum Gasteiger partial charge on any atom is 0.214 e. The summed E-state index contributed by atoms with van der Waals surface area (Å²) >= 11 is 0. The molecule has 1 aliphatic heterocycles. The van der Waals surface area contributed by atoms with Gasteiger partial charge in [-0.15, -0.1) is 13.2 Å². The normalized spacial score (nSPS) is 18.8. The molecule has 21 heavy (non-hydrogen) atoms. The highest BCUT2D eigenvalue weighted by Gasteiger charge is 2.30. The number of piperidine rings is 1. The van der Waals surface area contributed by atoms with Gasteiger partial charge in [-0.3, -0.25) is 0 Å². The summed E-state index contributed by atoms with van der Waals surface area (Å²) < 4.78 is 50.3. The Morgan fingerprint density at radius 1 is 1.10 bits per heavy atom. The average Bonchev–Trinajstić information content (AvgIpc) is 2.37. The van der Waals surface area contributed by atoms with Crippen molar-refractivity contribution in [3.8, 4) is 0 Å². The minimum absolute atomic E-state index is 0.00914. The highest BCUT2D eigenvalue weighted by Crippen LogP contribution is 2.22. The lowest BCUT2D eigenvalue weighted by Gasteiger charge is -2.31. The van der Waals surface area contributed by atoms with Crippen molar-refractivity contribution in [2.75, 3.05) is 38.2 Å². The van der Waals surface area contributed by atoms with Crippen LogP contribution < -0.4 is 0 Å². The Bertz CT molecular complexity index is 551. The minimum atomic E-state index is -3.38. The van der Waals surface area contributed by atoms with Gasteiger partial charge in [-0.05, 0) is 18.8 Å². The van der Waals surface area contributed by atoms with Crippen LogP contribution in [0.4, 0.5) is 0 Å². The number of rotatable bonds is 8. The molecular weight excluding hydrogens is 312 g/mol. The first kappa shape index (κ1) is 18.3. The van der Waals surface area contributed by atoms with Gasteiger partial charge in [0.2, 0.25) is 20.0 Å². The van der Waals surface area contributed by atoms with E-state index >= 15 is 0 Å². The van der Waals surface area contributed by atoms with Gasteiger partial charge >= 0.3 is 0 Å². The van der Waals surface area contributed by atoms with Crippen LogP contribution in [0.5, 0.6) is 0 Å². The lowest BCUT2D eigenvalue weighted by atomic mass is 10.0. The zero-order valence-electron chi connectivity index (χ0n) is 12.4. The summed E-state index contributed by atoms with van der Waals surface area (Å²) in [6.07, 6.45) is 5.42. The Hall–Kier alpha value is -0.700. The molecule has 0 aromatic rings. The standard InChI is InChI=1S/C13H24N2O4S2/c1-4-8-15(9-5-2)21(18,19)12-13-6-10-14(11-7-13)20(3,16)17/h4-5,13H,1-2,6-12H2,3H3. The molecule has 0 amide bonds. The number of nitrogens with zero attached hydrogens (tertiary/aromatic N) is 2. The first-order valence-corrected chi connectivity index (χ1v) is 10.3. The minimum Gasteiger partial charge on any atom is -0.213 e. The zero-order chi connectivity index (χ0) is 16.1. The van der Waals surface area contributed by atoms with Crippen molar-refractivity contribution >= 4 is 20.0 Å². The van der Waals surface area contributed by atoms with Crippen LogP contribution >= 0.6 is 0 Å². The topological polar surface area (TPSA) is 74.8 Å². The summed E-state index contributed by atoms with van der Waals surface area (Å²) in [5.41, 5.74) is 0. The largest absolute Gasteiger partial charge is 0.214 e. The van der Waals surface area contributed by atoms with Crippen molar-refractivity contribution in [2.45, 2.75) is 12.8 Å². The summed E-state index contributed by atoms with van der Waals surface area (Å²) in [5, 5.41) is 0. The first-order valence-electron chi connectivity index (χ1n) is 6.85. The van der Waals surface area contributed by atoms with Crippen LogP contribution in [0.1, 0.15) is 12.8 Å². The molecule has 0 bridgehead atoms. The molecule has 0 unspecified atom stereocenters. The second kappa shape index (κ2) is 7.53. The third-order valence-corrected chi connectivity index (χ3v) is 6.83. The Balaban J connectivity index is 2.65. The number of hydrogen-bond donors (Lipinski definition) is 0. The van der Waals surface area contributed by atoms with Crippen molar-refractivity contribution in [1.82, 2.24) is 8.61 Å². The summed E-state index contributed by atoms with van der Waals surface area (Å²) in [7, 11) is -6.56. The van der Waals surface area contributed by atoms with Crippen LogP contribution in [0.3, 0.4) is 0 Å². The Morgan fingerprint density at radius 3 is 1.95 bits per heavy atom. The molecule has 122 valence electrons. The molecule has 1 fully saturated rings. The smallest absolute Gasteiger partial charge is 0.213 e. The van der Waals surface area contributed by atoms with E-state index in [4.69, 9.17) is 0 Å². The van der Waals surface area contributed by atoms with Crippen LogP contribution in [0.15, 0.2) is 25.3 Å². The van der Waals surface area contributed by atoms with Gasteiger partial charge in [0.05, 0.1) is 12.0 Å². The molecular formula is C13H24N2O4S2. The molecule has 1 rings (SSSR count). The molecule has 1 saturated heterocycles. The van der Waals surface area contributed by atoms with E-state index in [1.807, 2.05) is 0 Å². The van der Waals surface area contributed by atoms with Gasteiger partial charge in [0.15, 0.2) is 0 Å². The Kier molecular flexibility index (Phi) is 6.58. The van der Waals surface area contributed by atoms with E-state index in [9.17, 15) is 16.8 Å². The third-order valence-electron chi connectivity index (χ3n) is 3.55. The van der Waals surface area contributed by atoms with Gasteiger partial charge < -0.3 is 0 Å². The maximum absolute atomic E-state index is 12.4. The number of sulfonamides is 2. The molecule has 1 aliphatic rings. The van der Waals surface area contributed by atoms with E-state index in [0.717, 1.165) is 0 Å². The average molecular weight is 336 g/mol. The fraction of sp³-hybridized carbons (Fsp3) is 0.692. The van der Waals surface area contributed by atoms with E-state index in [1.54, 1.807) is 12.2 Å². The molecule has 0 radical (unpaired) electrons. The van der Waals surface area contributed by atoms with E-state index < -0.39 is 20.0 Å². The maximum atomic E-state index is 12.4. The summed E-state index contributed by atoms with van der Waals surface area (Å²) in [4.78, 5) is 0. The molecule has 0 aromatic heterocycles. The van der Waals surface area contributed by atoms with E-state index in [1.165, 1.54) is 14.9 Å². The van der Waals surface area contributed by atoms with Gasteiger partial charge in [-0.1, -0.05) is 12.2 Å². The lowest BCUT2D eigenvalue weighted by Crippen LogP contribution is -2.41. The predicted molar refractivity (Wildman–Crippen MR) is 84.9 cm³/mol. The Labute approximate surface area is 128 Å². The van der Waals surface area contributed by atoms with Gasteiger partial charge in [-0.25, -0.2) is 21.1 Å². The first-order chi connectivity index (χ1) is 9.70. The quantitative estimate of drug-likeness (QED) is 0.610. The second-order valence-electron chi connectivity index (χ2n) is 5.28. The molecule has 0 saturated carbocycles. The van der Waals surface area contributed by atoms with Crippen molar-refractivity contribution in [2.24, 2.45) is 5.92 Å². The molecule has 8 heteroatoms. The van der Waals surface area contributed by atoms with Crippen molar-refractivity contribution < 1.29 is 16.8 Å². The lowest BCUT2D eigenvalue weighted by molar-refractivity contribution is 0.288. The molecule has 0 atom stereocenters. The van der Waals surface area contributed by atoms with Crippen LogP contribution in [0, 0.1) is 5.92 Å². The van der Waals surface area contributed by atoms with Gasteiger partial charge in [0, 0.05) is 26.2 Å². The molecule has 6 nitrogen and oxygen atoms in total. The summed E-state index contributed by atoms with van der Waals surface area (Å²) in [5.74, 6) is 0.0388. The Morgan fingerprint density at radius 2 is 1.57 bits per heavy atom. The van der Waals surface area contributed by atoms with E-state index in [-0.39, 0.29) is 24.8 Å². The summed E-state index contributed by atoms with van der Waals surface area (Å²) in [6.45, 7) is 8.44.